The van der Waals surface area contributed by atoms with Crippen LogP contribution in [0.2, 0.25) is 0 Å². The van der Waals surface area contributed by atoms with Gasteiger partial charge in [0.1, 0.15) is 0 Å². The van der Waals surface area contributed by atoms with E-state index in [1.807, 2.05) is 0 Å². The first-order valence-corrected chi connectivity index (χ1v) is 29.5. The molecular weight excluding hydrogens is 785 g/mol. The molecule has 0 saturated heterocycles. The lowest BCUT2D eigenvalue weighted by molar-refractivity contribution is 0.661. The van der Waals surface area contributed by atoms with Crippen molar-refractivity contribution >= 4 is 29.7 Å². The summed E-state index contributed by atoms with van der Waals surface area (Å²) in [4.78, 5) is 0. The van der Waals surface area contributed by atoms with Crippen LogP contribution in [0, 0.1) is 5.54 Å². The van der Waals surface area contributed by atoms with Crippen LogP contribution in [-0.2, 0) is 38.5 Å². The van der Waals surface area contributed by atoms with Crippen molar-refractivity contribution in [3.8, 4) is 0 Å². The van der Waals surface area contributed by atoms with Crippen LogP contribution >= 0.6 is 0 Å². The smallest absolute Gasteiger partial charge is 0.0741 e. The van der Waals surface area contributed by atoms with Gasteiger partial charge in [0.25, 0.3) is 0 Å². The van der Waals surface area contributed by atoms with Gasteiger partial charge in [0.2, 0.25) is 0 Å². The Labute approximate surface area is 397 Å². The minimum Gasteiger partial charge on any atom is -0.0741 e. The molecule has 0 fully saturated rings. The largest absolute Gasteiger partial charge is 0.163 e. The third-order valence-corrected chi connectivity index (χ3v) is 19.2. The Bertz CT molecular complexity index is 1660. The highest BCUT2D eigenvalue weighted by Crippen LogP contribution is 2.37. The zero-order valence-corrected chi connectivity index (χ0v) is 43.4. The number of aryl methyl sites for hydroxylation is 6. The second kappa shape index (κ2) is 29.5. The minimum atomic E-state index is -2.93. The summed E-state index contributed by atoms with van der Waals surface area (Å²) in [5, 5.41) is 4.92. The van der Waals surface area contributed by atoms with E-state index in [1.54, 1.807) is 54.5 Å². The van der Waals surface area contributed by atoms with Gasteiger partial charge in [-0.25, -0.2) is 0 Å². The van der Waals surface area contributed by atoms with Crippen LogP contribution < -0.4 is 15.6 Å². The first-order chi connectivity index (χ1) is 31.5. The van der Waals surface area contributed by atoms with E-state index < -0.39 is 8.07 Å². The van der Waals surface area contributed by atoms with Gasteiger partial charge in [-0.3, -0.25) is 0 Å². The summed E-state index contributed by atoms with van der Waals surface area (Å²) >= 11 is 0. The summed E-state index contributed by atoms with van der Waals surface area (Å²) in [6.07, 6.45) is 43.6. The van der Waals surface area contributed by atoms with Crippen molar-refractivity contribution in [1.82, 2.24) is 0 Å². The molecule has 0 bridgehead atoms. The maximum absolute atomic E-state index is 2.93. The van der Waals surface area contributed by atoms with Crippen molar-refractivity contribution in [2.45, 2.75) is 234 Å². The molecule has 1 aliphatic carbocycles. The van der Waals surface area contributed by atoms with Crippen LogP contribution in [0.5, 0.6) is 0 Å². The number of hydrogen-bond acceptors (Lipinski definition) is 0. The standard InChI is InChI=1S/C63H93Si/c1-7-13-19-25-33-52-43-53(34-26-20-14-8-2)47-59(46-52)64(63-42-41-58-39-31-32-40-62(58)63,60-48-54(35-27-21-15-9-3)44-55(49-60)36-28-22-16-10-4)61-50-56(37-29-23-17-11-5)45-57(51-61)38-30-24-18-12-6/h31-32,39-51H,7-30,33-38H2,1-6H3. The Morgan fingerprint density at radius 3 is 0.859 bits per heavy atom. The molecule has 0 saturated carbocycles. The summed E-state index contributed by atoms with van der Waals surface area (Å²) in [5.41, 5.74) is 14.0. The van der Waals surface area contributed by atoms with Gasteiger partial charge >= 0.3 is 0 Å². The zero-order valence-electron chi connectivity index (χ0n) is 42.4. The van der Waals surface area contributed by atoms with Crippen LogP contribution in [0.15, 0.2) is 84.9 Å². The van der Waals surface area contributed by atoms with Crippen LogP contribution in [0.3, 0.4) is 0 Å². The van der Waals surface area contributed by atoms with E-state index in [1.165, 1.54) is 204 Å². The first kappa shape index (κ1) is 51.8. The molecule has 1 radical (unpaired) electrons. The summed E-state index contributed by atoms with van der Waals surface area (Å²) in [5.74, 6) is 0. The molecule has 1 heteroatoms. The Kier molecular flexibility index (Phi) is 23.9. The maximum Gasteiger partial charge on any atom is 0.163 e. The van der Waals surface area contributed by atoms with Gasteiger partial charge in [-0.05, 0) is 137 Å². The van der Waals surface area contributed by atoms with E-state index in [4.69, 9.17) is 0 Å². The fourth-order valence-corrected chi connectivity index (χ4v) is 16.1. The Morgan fingerprint density at radius 1 is 0.297 bits per heavy atom. The van der Waals surface area contributed by atoms with Crippen LogP contribution in [0.4, 0.5) is 0 Å². The molecule has 64 heavy (non-hydrogen) atoms. The number of allylic oxidation sites excluding steroid dienone is 1. The number of hydrogen-bond donors (Lipinski definition) is 0. The molecule has 349 valence electrons. The highest BCUT2D eigenvalue weighted by molar-refractivity contribution is 7.16. The first-order valence-electron chi connectivity index (χ1n) is 27.5. The maximum atomic E-state index is 2.78. The molecule has 1 aliphatic rings. The van der Waals surface area contributed by atoms with Gasteiger partial charge in [-0.15, -0.1) is 0 Å². The molecule has 4 aromatic carbocycles. The molecule has 0 nitrogen and oxygen atoms in total. The molecular formula is C63H93Si. The lowest BCUT2D eigenvalue weighted by Gasteiger charge is -2.40. The number of benzene rings is 4. The molecule has 5 rings (SSSR count). The lowest BCUT2D eigenvalue weighted by atomic mass is 10.00. The van der Waals surface area contributed by atoms with Crippen LogP contribution in [-0.4, -0.2) is 8.07 Å². The van der Waals surface area contributed by atoms with Crippen molar-refractivity contribution in [2.24, 2.45) is 0 Å². The summed E-state index contributed by atoms with van der Waals surface area (Å²) in [7, 11) is -2.93. The zero-order chi connectivity index (χ0) is 45.2. The van der Waals surface area contributed by atoms with E-state index in [2.05, 4.69) is 133 Å². The monoisotopic (exact) mass is 878 g/mol. The minimum absolute atomic E-state index is 1.18. The highest BCUT2D eigenvalue weighted by Gasteiger charge is 2.49. The third-order valence-electron chi connectivity index (χ3n) is 14.5. The quantitative estimate of drug-likeness (QED) is 0.0249. The summed E-state index contributed by atoms with van der Waals surface area (Å²) in [6, 6.07) is 34.1. The third kappa shape index (κ3) is 15.5. The van der Waals surface area contributed by atoms with Crippen molar-refractivity contribution in [3.63, 3.8) is 0 Å². The van der Waals surface area contributed by atoms with E-state index in [0.717, 1.165) is 0 Å². The Balaban J connectivity index is 1.87. The van der Waals surface area contributed by atoms with Crippen LogP contribution in [0.25, 0.3) is 6.08 Å². The van der Waals surface area contributed by atoms with Gasteiger partial charge in [-0.2, -0.15) is 0 Å². The van der Waals surface area contributed by atoms with Crippen molar-refractivity contribution in [1.29, 1.82) is 0 Å². The lowest BCUT2D eigenvalue weighted by Crippen LogP contribution is -2.71. The SMILES string of the molecule is CCCCCCc1cc(CCCCCC)cc([Si]([C]2C=Cc3ccccc32)(c2cc(CCCCCC)cc(CCCCCC)c2)c2cc(CCCCCC)cc(CCCCCC)c2)c1. The molecule has 0 spiro atoms. The topological polar surface area (TPSA) is 0 Å². The average Bonchev–Trinajstić information content (AvgIpc) is 3.74. The molecule has 0 atom stereocenters. The average molecular weight is 879 g/mol. The van der Waals surface area contributed by atoms with Gasteiger partial charge in [0, 0.05) is 5.54 Å². The van der Waals surface area contributed by atoms with Crippen molar-refractivity contribution in [2.75, 3.05) is 0 Å². The van der Waals surface area contributed by atoms with E-state index >= 15 is 0 Å². The van der Waals surface area contributed by atoms with E-state index in [9.17, 15) is 0 Å². The fourth-order valence-electron chi connectivity index (χ4n) is 10.8. The Hall–Kier alpha value is -3.16. The van der Waals surface area contributed by atoms with Gasteiger partial charge in [0.05, 0.1) is 0 Å². The van der Waals surface area contributed by atoms with E-state index in [-0.39, 0.29) is 0 Å². The fraction of sp³-hybridized carbons (Fsp3) is 0.571. The Morgan fingerprint density at radius 2 is 0.578 bits per heavy atom. The van der Waals surface area contributed by atoms with Gasteiger partial charge in [0.15, 0.2) is 8.07 Å². The molecule has 0 aromatic heterocycles. The molecule has 0 amide bonds. The molecule has 4 aromatic rings. The predicted octanol–water partition coefficient (Wildman–Crippen LogP) is 17.1. The number of rotatable bonds is 34. The van der Waals surface area contributed by atoms with E-state index in [0.29, 0.717) is 0 Å². The molecule has 0 unspecified atom stereocenters. The second-order valence-electron chi connectivity index (χ2n) is 20.1. The number of unbranched alkanes of at least 4 members (excludes halogenated alkanes) is 18. The second-order valence-corrected chi connectivity index (χ2v) is 23.8. The molecule has 0 heterocycles. The summed E-state index contributed by atoms with van der Waals surface area (Å²) in [6.45, 7) is 14.1. The van der Waals surface area contributed by atoms with Gasteiger partial charge < -0.3 is 0 Å². The highest BCUT2D eigenvalue weighted by atomic mass is 28.3. The normalized spacial score (nSPS) is 12.7. The van der Waals surface area contributed by atoms with Crippen molar-refractivity contribution < 1.29 is 0 Å². The summed E-state index contributed by atoms with van der Waals surface area (Å²) < 4.78 is 0. The van der Waals surface area contributed by atoms with Crippen molar-refractivity contribution in [3.05, 3.63) is 135 Å². The molecule has 0 N–H and O–H groups in total. The predicted molar refractivity (Wildman–Crippen MR) is 289 cm³/mol. The number of fused-ring (bicyclic) bond motifs is 1. The van der Waals surface area contributed by atoms with Gasteiger partial charge in [-0.1, -0.05) is 248 Å². The molecule has 0 aliphatic heterocycles. The van der Waals surface area contributed by atoms with Crippen LogP contribution in [0.1, 0.15) is 240 Å².